The Balaban J connectivity index is 1.69. The third-order valence-electron chi connectivity index (χ3n) is 3.48. The fourth-order valence-electron chi connectivity index (χ4n) is 2.35. The van der Waals surface area contributed by atoms with Gasteiger partial charge in [-0.15, -0.1) is 0 Å². The normalized spacial score (nSPS) is 12.7. The summed E-state index contributed by atoms with van der Waals surface area (Å²) in [5.41, 5.74) is 3.33. The van der Waals surface area contributed by atoms with E-state index in [1.807, 2.05) is 18.2 Å². The Kier molecular flexibility index (Phi) is 3.37. The first-order valence-electron chi connectivity index (χ1n) is 6.62. The minimum atomic E-state index is -0.302. The van der Waals surface area contributed by atoms with Gasteiger partial charge in [0.25, 0.3) is 5.91 Å². The number of halogens is 1. The van der Waals surface area contributed by atoms with Crippen molar-refractivity contribution in [1.82, 2.24) is 5.32 Å². The molecule has 0 bridgehead atoms. The molecule has 1 aliphatic rings. The van der Waals surface area contributed by atoms with Crippen molar-refractivity contribution in [2.45, 2.75) is 13.0 Å². The van der Waals surface area contributed by atoms with E-state index in [4.69, 9.17) is 0 Å². The Bertz CT molecular complexity index is 655. The number of rotatable bonds is 3. The lowest BCUT2D eigenvalue weighted by Gasteiger charge is -2.08. The Hall–Kier alpha value is -2.36. The summed E-state index contributed by atoms with van der Waals surface area (Å²) in [6.07, 6.45) is 0.993. The number of hydrogen-bond donors (Lipinski definition) is 2. The van der Waals surface area contributed by atoms with Crippen molar-refractivity contribution in [1.29, 1.82) is 0 Å². The molecule has 1 aliphatic heterocycles. The van der Waals surface area contributed by atoms with Gasteiger partial charge in [0.15, 0.2) is 0 Å². The molecule has 2 aromatic rings. The highest BCUT2D eigenvalue weighted by Crippen LogP contribution is 2.23. The van der Waals surface area contributed by atoms with Gasteiger partial charge in [-0.3, -0.25) is 4.79 Å². The number of anilines is 1. The second-order valence-electron chi connectivity index (χ2n) is 4.82. The van der Waals surface area contributed by atoms with Gasteiger partial charge in [-0.05, 0) is 30.2 Å². The van der Waals surface area contributed by atoms with Crippen LogP contribution in [0.5, 0.6) is 0 Å². The molecule has 2 aromatic carbocycles. The van der Waals surface area contributed by atoms with Crippen LogP contribution in [0.15, 0.2) is 42.5 Å². The Morgan fingerprint density at radius 3 is 2.95 bits per heavy atom. The van der Waals surface area contributed by atoms with Crippen LogP contribution in [0.4, 0.5) is 10.1 Å². The minimum absolute atomic E-state index is 0.190. The van der Waals surface area contributed by atoms with Gasteiger partial charge in [0.1, 0.15) is 5.82 Å². The van der Waals surface area contributed by atoms with Crippen LogP contribution in [0.3, 0.4) is 0 Å². The quantitative estimate of drug-likeness (QED) is 0.900. The molecule has 0 radical (unpaired) electrons. The molecule has 0 fully saturated rings. The van der Waals surface area contributed by atoms with Crippen LogP contribution >= 0.6 is 0 Å². The van der Waals surface area contributed by atoms with Crippen LogP contribution in [-0.4, -0.2) is 12.5 Å². The third-order valence-corrected chi connectivity index (χ3v) is 3.48. The molecule has 0 saturated carbocycles. The highest BCUT2D eigenvalue weighted by atomic mass is 19.1. The van der Waals surface area contributed by atoms with E-state index in [1.54, 1.807) is 18.2 Å². The molecule has 0 aromatic heterocycles. The van der Waals surface area contributed by atoms with E-state index in [9.17, 15) is 9.18 Å². The summed E-state index contributed by atoms with van der Waals surface area (Å²) in [4.78, 5) is 12.1. The lowest BCUT2D eigenvalue weighted by Crippen LogP contribution is -2.23. The topological polar surface area (TPSA) is 41.1 Å². The van der Waals surface area contributed by atoms with Crippen molar-refractivity contribution in [3.05, 3.63) is 65.0 Å². The Morgan fingerprint density at radius 2 is 2.10 bits per heavy atom. The molecule has 1 amide bonds. The maximum Gasteiger partial charge on any atom is 0.251 e. The minimum Gasteiger partial charge on any atom is -0.384 e. The summed E-state index contributed by atoms with van der Waals surface area (Å²) in [6, 6.07) is 12.1. The summed E-state index contributed by atoms with van der Waals surface area (Å²) in [7, 11) is 0. The molecule has 3 rings (SSSR count). The zero-order valence-electron chi connectivity index (χ0n) is 10.9. The number of hydrogen-bond acceptors (Lipinski definition) is 2. The maximum absolute atomic E-state index is 13.5. The van der Waals surface area contributed by atoms with Gasteiger partial charge in [0, 0.05) is 29.9 Å². The van der Waals surface area contributed by atoms with E-state index >= 15 is 0 Å². The first-order chi connectivity index (χ1) is 9.74. The van der Waals surface area contributed by atoms with E-state index in [2.05, 4.69) is 10.6 Å². The highest BCUT2D eigenvalue weighted by molar-refractivity contribution is 5.95. The van der Waals surface area contributed by atoms with Crippen molar-refractivity contribution >= 4 is 11.6 Å². The van der Waals surface area contributed by atoms with Crippen LogP contribution in [-0.2, 0) is 13.0 Å². The van der Waals surface area contributed by atoms with E-state index < -0.39 is 0 Å². The summed E-state index contributed by atoms with van der Waals surface area (Å²) < 4.78 is 13.5. The third kappa shape index (κ3) is 2.50. The molecule has 1 heterocycles. The number of amides is 1. The summed E-state index contributed by atoms with van der Waals surface area (Å²) >= 11 is 0. The highest BCUT2D eigenvalue weighted by Gasteiger charge is 2.13. The van der Waals surface area contributed by atoms with Gasteiger partial charge in [-0.2, -0.15) is 0 Å². The summed E-state index contributed by atoms with van der Waals surface area (Å²) in [5.74, 6) is -0.492. The fraction of sp³-hybridized carbons (Fsp3) is 0.188. The van der Waals surface area contributed by atoms with Crippen molar-refractivity contribution < 1.29 is 9.18 Å². The molecule has 102 valence electrons. The SMILES string of the molecule is O=C(NCc1ccccc1F)c1ccc2c(c1)NCC2. The molecular weight excluding hydrogens is 255 g/mol. The average Bonchev–Trinajstić information content (AvgIpc) is 2.93. The molecule has 0 unspecified atom stereocenters. The molecule has 4 heteroatoms. The number of nitrogens with one attached hydrogen (secondary N) is 2. The smallest absolute Gasteiger partial charge is 0.251 e. The lowest BCUT2D eigenvalue weighted by atomic mass is 10.1. The monoisotopic (exact) mass is 270 g/mol. The van der Waals surface area contributed by atoms with E-state index in [0.29, 0.717) is 11.1 Å². The Morgan fingerprint density at radius 1 is 1.25 bits per heavy atom. The molecule has 0 aliphatic carbocycles. The van der Waals surface area contributed by atoms with Crippen molar-refractivity contribution in [3.63, 3.8) is 0 Å². The number of fused-ring (bicyclic) bond motifs is 1. The molecule has 0 spiro atoms. The van der Waals surface area contributed by atoms with Gasteiger partial charge in [0.05, 0.1) is 0 Å². The van der Waals surface area contributed by atoms with Crippen LogP contribution in [0.25, 0.3) is 0 Å². The molecule has 3 nitrogen and oxygen atoms in total. The van der Waals surface area contributed by atoms with Crippen molar-refractivity contribution in [2.75, 3.05) is 11.9 Å². The van der Waals surface area contributed by atoms with Gasteiger partial charge in [-0.25, -0.2) is 4.39 Å². The maximum atomic E-state index is 13.5. The van der Waals surface area contributed by atoms with Crippen LogP contribution in [0.1, 0.15) is 21.5 Å². The fourth-order valence-corrected chi connectivity index (χ4v) is 2.35. The predicted molar refractivity (Wildman–Crippen MR) is 76.2 cm³/mol. The molecular formula is C16H15FN2O. The van der Waals surface area contributed by atoms with Crippen molar-refractivity contribution in [3.8, 4) is 0 Å². The van der Waals surface area contributed by atoms with Crippen molar-refractivity contribution in [2.24, 2.45) is 0 Å². The second-order valence-corrected chi connectivity index (χ2v) is 4.82. The number of carbonyl (C=O) groups is 1. The standard InChI is InChI=1S/C16H15FN2O/c17-14-4-2-1-3-13(14)10-19-16(20)12-6-5-11-7-8-18-15(11)9-12/h1-6,9,18H,7-8,10H2,(H,19,20). The van der Waals surface area contributed by atoms with E-state index in [-0.39, 0.29) is 18.3 Å². The van der Waals surface area contributed by atoms with E-state index in [0.717, 1.165) is 18.7 Å². The number of carbonyl (C=O) groups excluding carboxylic acids is 1. The van der Waals surface area contributed by atoms with E-state index in [1.165, 1.54) is 11.6 Å². The average molecular weight is 270 g/mol. The van der Waals surface area contributed by atoms with Gasteiger partial charge in [0.2, 0.25) is 0 Å². The zero-order valence-corrected chi connectivity index (χ0v) is 10.9. The summed E-state index contributed by atoms with van der Waals surface area (Å²) in [6.45, 7) is 1.10. The van der Waals surface area contributed by atoms with Gasteiger partial charge >= 0.3 is 0 Å². The molecule has 2 N–H and O–H groups in total. The first-order valence-corrected chi connectivity index (χ1v) is 6.62. The van der Waals surface area contributed by atoms with Gasteiger partial charge < -0.3 is 10.6 Å². The molecule has 0 saturated heterocycles. The summed E-state index contributed by atoms with van der Waals surface area (Å²) in [5, 5.41) is 5.98. The largest absolute Gasteiger partial charge is 0.384 e. The van der Waals surface area contributed by atoms with Crippen LogP contribution < -0.4 is 10.6 Å². The van der Waals surface area contributed by atoms with Crippen LogP contribution in [0.2, 0.25) is 0 Å². The Labute approximate surface area is 116 Å². The molecule has 20 heavy (non-hydrogen) atoms. The number of benzene rings is 2. The molecule has 0 atom stereocenters. The second kappa shape index (κ2) is 5.33. The predicted octanol–water partition coefficient (Wildman–Crippen LogP) is 2.72. The van der Waals surface area contributed by atoms with Gasteiger partial charge in [-0.1, -0.05) is 24.3 Å². The lowest BCUT2D eigenvalue weighted by molar-refractivity contribution is 0.0950. The first kappa shape index (κ1) is 12.7. The van der Waals surface area contributed by atoms with Crippen LogP contribution in [0, 0.1) is 5.82 Å². The zero-order chi connectivity index (χ0) is 13.9.